The number of ether oxygens (including phenoxy) is 1. The number of fused-ring (bicyclic) bond motifs is 5. The molecule has 0 N–H and O–H groups in total. The Morgan fingerprint density at radius 3 is 2.14 bits per heavy atom. The molecule has 0 radical (unpaired) electrons. The molecule has 0 aromatic heterocycles. The van der Waals surface area contributed by atoms with E-state index in [1.54, 1.807) is 30.0 Å². The molecule has 0 unspecified atom stereocenters. The number of carbonyl (C=O) groups is 4. The highest BCUT2D eigenvalue weighted by atomic mass is 16.5. The Hall–Kier alpha value is -3.74. The Labute approximate surface area is 209 Å². The molecule has 3 fully saturated rings. The first-order valence-corrected chi connectivity index (χ1v) is 12.5. The highest BCUT2D eigenvalue weighted by molar-refractivity contribution is 6.23. The summed E-state index contributed by atoms with van der Waals surface area (Å²) in [5, 5.41) is 0. The van der Waals surface area contributed by atoms with E-state index in [-0.39, 0.29) is 54.4 Å². The smallest absolute Gasteiger partial charge is 0.316 e. The fourth-order valence-electron chi connectivity index (χ4n) is 6.49. The number of amides is 3. The SMILES string of the molecule is Cc1ccc(N2C[C@H](C(=O)Oc3ccc(N4C(=O)[C@H]5[C@H](C4=O)[C@H]4C=C[C@H]5C4)c(C)c3)CC2=O)c(C)c1. The molecule has 2 saturated heterocycles. The molecule has 2 aromatic rings. The van der Waals surface area contributed by atoms with E-state index in [1.165, 1.54) is 4.90 Å². The molecule has 2 aliphatic heterocycles. The van der Waals surface area contributed by atoms with Crippen molar-refractivity contribution < 1.29 is 23.9 Å². The van der Waals surface area contributed by atoms with Crippen molar-refractivity contribution >= 4 is 35.1 Å². The fraction of sp³-hybridized carbons (Fsp3) is 0.379. The summed E-state index contributed by atoms with van der Waals surface area (Å²) < 4.78 is 5.63. The van der Waals surface area contributed by atoms with Crippen LogP contribution in [-0.2, 0) is 19.2 Å². The summed E-state index contributed by atoms with van der Waals surface area (Å²) >= 11 is 0. The van der Waals surface area contributed by atoms with E-state index in [1.807, 2.05) is 32.0 Å². The van der Waals surface area contributed by atoms with E-state index in [4.69, 9.17) is 4.74 Å². The van der Waals surface area contributed by atoms with Gasteiger partial charge in [-0.05, 0) is 74.4 Å². The van der Waals surface area contributed by atoms with E-state index in [0.717, 1.165) is 23.2 Å². The molecule has 3 amide bonds. The zero-order chi connectivity index (χ0) is 25.3. The molecule has 4 aliphatic rings. The van der Waals surface area contributed by atoms with Crippen LogP contribution in [0.4, 0.5) is 11.4 Å². The summed E-state index contributed by atoms with van der Waals surface area (Å²) in [6, 6.07) is 10.8. The van der Waals surface area contributed by atoms with Crippen molar-refractivity contribution in [2.75, 3.05) is 16.3 Å². The third-order valence-corrected chi connectivity index (χ3v) is 8.20. The Bertz CT molecular complexity index is 1330. The lowest BCUT2D eigenvalue weighted by Gasteiger charge is -2.20. The first kappa shape index (κ1) is 22.7. The number of nitrogens with zero attached hydrogens (tertiary/aromatic N) is 2. The van der Waals surface area contributed by atoms with Gasteiger partial charge in [0, 0.05) is 18.7 Å². The van der Waals surface area contributed by atoms with Crippen molar-refractivity contribution in [1.82, 2.24) is 0 Å². The van der Waals surface area contributed by atoms with E-state index in [2.05, 4.69) is 12.2 Å². The lowest BCUT2D eigenvalue weighted by atomic mass is 9.85. The number of hydrogen-bond donors (Lipinski definition) is 0. The number of allylic oxidation sites excluding steroid dienone is 2. The molecule has 36 heavy (non-hydrogen) atoms. The number of rotatable bonds is 4. The summed E-state index contributed by atoms with van der Waals surface area (Å²) in [7, 11) is 0. The van der Waals surface area contributed by atoms with Crippen LogP contribution in [0, 0.1) is 50.4 Å². The Balaban J connectivity index is 1.16. The number of esters is 1. The number of anilines is 2. The molecule has 2 aliphatic carbocycles. The minimum absolute atomic E-state index is 0.0964. The standard InChI is InChI=1S/C29H28N2O5/c1-15-4-8-22(16(2)10-15)30-14-20(13-24(30)32)29(35)36-21-7-9-23(17(3)11-21)31-27(33)25-18-5-6-19(12-18)26(25)28(31)34/h4-11,18-20,25-26H,12-14H2,1-3H3/t18-,19-,20+,25+,26+/m0/s1. The Kier molecular flexibility index (Phi) is 5.14. The summed E-state index contributed by atoms with van der Waals surface area (Å²) in [5.41, 5.74) is 4.14. The average Bonchev–Trinajstić information content (AvgIpc) is 3.59. The zero-order valence-electron chi connectivity index (χ0n) is 20.6. The van der Waals surface area contributed by atoms with Gasteiger partial charge in [0.15, 0.2) is 0 Å². The van der Waals surface area contributed by atoms with Crippen LogP contribution in [0.1, 0.15) is 29.5 Å². The second-order valence-electron chi connectivity index (χ2n) is 10.6. The molecule has 7 nitrogen and oxygen atoms in total. The summed E-state index contributed by atoms with van der Waals surface area (Å²) in [6.45, 7) is 6.03. The van der Waals surface area contributed by atoms with Gasteiger partial charge in [-0.25, -0.2) is 4.90 Å². The van der Waals surface area contributed by atoms with Gasteiger partial charge in [0.2, 0.25) is 17.7 Å². The van der Waals surface area contributed by atoms with Crippen molar-refractivity contribution in [3.8, 4) is 5.75 Å². The highest BCUT2D eigenvalue weighted by Crippen LogP contribution is 2.53. The van der Waals surface area contributed by atoms with Gasteiger partial charge >= 0.3 is 5.97 Å². The molecule has 0 spiro atoms. The molecule has 2 heterocycles. The molecule has 7 heteroatoms. The third-order valence-electron chi connectivity index (χ3n) is 8.20. The summed E-state index contributed by atoms with van der Waals surface area (Å²) in [4.78, 5) is 54.8. The van der Waals surface area contributed by atoms with Gasteiger partial charge in [0.1, 0.15) is 5.75 Å². The largest absolute Gasteiger partial charge is 0.426 e. The van der Waals surface area contributed by atoms with Crippen LogP contribution in [0.3, 0.4) is 0 Å². The van der Waals surface area contributed by atoms with Gasteiger partial charge < -0.3 is 9.64 Å². The van der Waals surface area contributed by atoms with E-state index >= 15 is 0 Å². The molecular formula is C29H28N2O5. The third kappa shape index (κ3) is 3.40. The predicted octanol–water partition coefficient (Wildman–Crippen LogP) is 3.88. The first-order chi connectivity index (χ1) is 17.2. The van der Waals surface area contributed by atoms with Crippen molar-refractivity contribution in [1.29, 1.82) is 0 Å². The number of hydrogen-bond acceptors (Lipinski definition) is 5. The van der Waals surface area contributed by atoms with Crippen LogP contribution in [-0.4, -0.2) is 30.2 Å². The Morgan fingerprint density at radius 2 is 1.50 bits per heavy atom. The average molecular weight is 485 g/mol. The molecule has 5 atom stereocenters. The second kappa shape index (κ2) is 8.15. The van der Waals surface area contributed by atoms with Crippen LogP contribution < -0.4 is 14.5 Å². The quantitative estimate of drug-likeness (QED) is 0.285. The van der Waals surface area contributed by atoms with Crippen molar-refractivity contribution in [3.63, 3.8) is 0 Å². The first-order valence-electron chi connectivity index (χ1n) is 12.5. The monoisotopic (exact) mass is 484 g/mol. The van der Waals surface area contributed by atoms with Crippen LogP contribution in [0.2, 0.25) is 0 Å². The predicted molar refractivity (Wildman–Crippen MR) is 133 cm³/mol. The highest BCUT2D eigenvalue weighted by Gasteiger charge is 2.59. The number of imide groups is 1. The van der Waals surface area contributed by atoms with Crippen LogP contribution in [0.25, 0.3) is 0 Å². The lowest BCUT2D eigenvalue weighted by Crippen LogP contribution is -2.33. The van der Waals surface area contributed by atoms with Gasteiger partial charge in [-0.15, -0.1) is 0 Å². The zero-order valence-corrected chi connectivity index (χ0v) is 20.6. The van der Waals surface area contributed by atoms with Crippen molar-refractivity contribution in [2.45, 2.75) is 33.6 Å². The molecule has 184 valence electrons. The molecule has 2 bridgehead atoms. The van der Waals surface area contributed by atoms with E-state index in [0.29, 0.717) is 17.0 Å². The number of aryl methyl sites for hydroxylation is 3. The fourth-order valence-corrected chi connectivity index (χ4v) is 6.49. The van der Waals surface area contributed by atoms with Gasteiger partial charge in [0.05, 0.1) is 23.4 Å². The molecule has 6 rings (SSSR count). The van der Waals surface area contributed by atoms with Crippen LogP contribution in [0.15, 0.2) is 48.6 Å². The maximum absolute atomic E-state index is 13.1. The van der Waals surface area contributed by atoms with Gasteiger partial charge in [0.25, 0.3) is 0 Å². The number of benzene rings is 2. The van der Waals surface area contributed by atoms with Crippen molar-refractivity contribution in [2.24, 2.45) is 29.6 Å². The summed E-state index contributed by atoms with van der Waals surface area (Å²) in [5.74, 6) is -1.28. The maximum atomic E-state index is 13.1. The molecule has 1 saturated carbocycles. The van der Waals surface area contributed by atoms with Crippen molar-refractivity contribution in [3.05, 3.63) is 65.2 Å². The second-order valence-corrected chi connectivity index (χ2v) is 10.6. The lowest BCUT2D eigenvalue weighted by molar-refractivity contribution is -0.139. The minimum Gasteiger partial charge on any atom is -0.426 e. The van der Waals surface area contributed by atoms with Gasteiger partial charge in [-0.3, -0.25) is 19.2 Å². The Morgan fingerprint density at radius 1 is 0.861 bits per heavy atom. The van der Waals surface area contributed by atoms with E-state index in [9.17, 15) is 19.2 Å². The van der Waals surface area contributed by atoms with Crippen LogP contribution in [0.5, 0.6) is 5.75 Å². The van der Waals surface area contributed by atoms with Crippen LogP contribution >= 0.6 is 0 Å². The number of carbonyl (C=O) groups excluding carboxylic acids is 4. The molecule has 2 aromatic carbocycles. The van der Waals surface area contributed by atoms with Gasteiger partial charge in [-0.1, -0.05) is 29.8 Å². The summed E-state index contributed by atoms with van der Waals surface area (Å²) in [6.07, 6.45) is 5.13. The van der Waals surface area contributed by atoms with E-state index < -0.39 is 11.9 Å². The topological polar surface area (TPSA) is 84.0 Å². The normalized spacial score (nSPS) is 28.4. The maximum Gasteiger partial charge on any atom is 0.316 e. The molecular weight excluding hydrogens is 456 g/mol. The minimum atomic E-state index is -0.567. The van der Waals surface area contributed by atoms with Gasteiger partial charge in [-0.2, -0.15) is 0 Å².